The predicted octanol–water partition coefficient (Wildman–Crippen LogP) is 4.08. The van der Waals surface area contributed by atoms with Gasteiger partial charge in [-0.2, -0.15) is 0 Å². The Kier molecular flexibility index (Phi) is 5.36. The molecule has 1 heterocycles. The zero-order valence-electron chi connectivity index (χ0n) is 13.1. The minimum Gasteiger partial charge on any atom is -0.293 e. The van der Waals surface area contributed by atoms with Gasteiger partial charge in [-0.15, -0.1) is 0 Å². The number of carbonyl (C=O) groups excluding carboxylic acids is 1. The van der Waals surface area contributed by atoms with Gasteiger partial charge in [0.1, 0.15) is 0 Å². The van der Waals surface area contributed by atoms with Crippen LogP contribution in [0.25, 0.3) is 0 Å². The van der Waals surface area contributed by atoms with Crippen molar-refractivity contribution in [3.63, 3.8) is 0 Å². The van der Waals surface area contributed by atoms with Crippen molar-refractivity contribution in [1.29, 1.82) is 0 Å². The minimum atomic E-state index is 0.258. The van der Waals surface area contributed by atoms with Crippen LogP contribution in [0.2, 0.25) is 0 Å². The van der Waals surface area contributed by atoms with Crippen LogP contribution in [0, 0.1) is 0 Å². The van der Waals surface area contributed by atoms with E-state index in [2.05, 4.69) is 37.8 Å². The first-order valence-corrected chi connectivity index (χ1v) is 7.99. The zero-order chi connectivity index (χ0) is 14.5. The van der Waals surface area contributed by atoms with Gasteiger partial charge in [-0.05, 0) is 38.7 Å². The van der Waals surface area contributed by atoms with Gasteiger partial charge >= 0.3 is 0 Å². The van der Waals surface area contributed by atoms with Crippen LogP contribution in [-0.4, -0.2) is 29.3 Å². The predicted molar refractivity (Wildman–Crippen MR) is 84.2 cm³/mol. The van der Waals surface area contributed by atoms with Crippen molar-refractivity contribution in [2.45, 2.75) is 65.0 Å². The van der Waals surface area contributed by atoms with Crippen molar-refractivity contribution in [2.24, 2.45) is 0 Å². The van der Waals surface area contributed by atoms with Gasteiger partial charge in [0.25, 0.3) is 0 Å². The second-order valence-corrected chi connectivity index (χ2v) is 6.17. The van der Waals surface area contributed by atoms with E-state index in [9.17, 15) is 4.79 Å². The number of piperidine rings is 1. The molecular weight excluding hydrogens is 246 g/mol. The molecule has 2 atom stereocenters. The zero-order valence-corrected chi connectivity index (χ0v) is 13.1. The fourth-order valence-corrected chi connectivity index (χ4v) is 3.19. The number of hydrogen-bond acceptors (Lipinski definition) is 2. The molecule has 2 unspecified atom stereocenters. The van der Waals surface area contributed by atoms with Crippen molar-refractivity contribution >= 4 is 5.78 Å². The molecule has 1 aromatic carbocycles. The Bertz CT molecular complexity index is 427. The van der Waals surface area contributed by atoms with Crippen LogP contribution in [0.4, 0.5) is 0 Å². The fourth-order valence-electron chi connectivity index (χ4n) is 3.19. The molecule has 1 saturated heterocycles. The maximum atomic E-state index is 12.4. The molecule has 0 aliphatic carbocycles. The molecule has 1 aromatic rings. The summed E-state index contributed by atoms with van der Waals surface area (Å²) < 4.78 is 0. The van der Waals surface area contributed by atoms with Gasteiger partial charge in [0, 0.05) is 17.6 Å². The molecule has 110 valence electrons. The number of benzene rings is 1. The SMILES string of the molecule is CCCc1ccc(C(=O)CN2C(C)CCCC2C)cc1. The Morgan fingerprint density at radius 3 is 2.30 bits per heavy atom. The smallest absolute Gasteiger partial charge is 0.176 e. The summed E-state index contributed by atoms with van der Waals surface area (Å²) >= 11 is 0. The van der Waals surface area contributed by atoms with E-state index < -0.39 is 0 Å². The van der Waals surface area contributed by atoms with Crippen LogP contribution in [0.5, 0.6) is 0 Å². The highest BCUT2D eigenvalue weighted by molar-refractivity contribution is 5.97. The molecule has 0 spiro atoms. The topological polar surface area (TPSA) is 20.3 Å². The molecular formula is C18H27NO. The first-order chi connectivity index (χ1) is 9.61. The fraction of sp³-hybridized carbons (Fsp3) is 0.611. The number of likely N-dealkylation sites (tertiary alicyclic amines) is 1. The average Bonchev–Trinajstić information content (AvgIpc) is 2.44. The number of ketones is 1. The van der Waals surface area contributed by atoms with E-state index >= 15 is 0 Å². The highest BCUT2D eigenvalue weighted by atomic mass is 16.1. The van der Waals surface area contributed by atoms with Gasteiger partial charge < -0.3 is 0 Å². The molecule has 20 heavy (non-hydrogen) atoms. The second kappa shape index (κ2) is 7.03. The van der Waals surface area contributed by atoms with Crippen molar-refractivity contribution in [1.82, 2.24) is 4.90 Å². The third-order valence-corrected chi connectivity index (χ3v) is 4.52. The summed E-state index contributed by atoms with van der Waals surface area (Å²) in [4.78, 5) is 14.8. The van der Waals surface area contributed by atoms with Gasteiger partial charge in [0.05, 0.1) is 6.54 Å². The Morgan fingerprint density at radius 1 is 1.15 bits per heavy atom. The molecule has 2 heteroatoms. The van der Waals surface area contributed by atoms with Crippen LogP contribution in [0.15, 0.2) is 24.3 Å². The van der Waals surface area contributed by atoms with Crippen LogP contribution in [0.3, 0.4) is 0 Å². The molecule has 0 saturated carbocycles. The number of hydrogen-bond donors (Lipinski definition) is 0. The maximum absolute atomic E-state index is 12.4. The van der Waals surface area contributed by atoms with Gasteiger partial charge in [0.15, 0.2) is 5.78 Å². The van der Waals surface area contributed by atoms with E-state index in [1.54, 1.807) is 0 Å². The largest absolute Gasteiger partial charge is 0.293 e. The number of rotatable bonds is 5. The summed E-state index contributed by atoms with van der Waals surface area (Å²) in [6, 6.07) is 9.24. The van der Waals surface area contributed by atoms with E-state index in [4.69, 9.17) is 0 Å². The van der Waals surface area contributed by atoms with E-state index in [1.807, 2.05) is 12.1 Å². The number of carbonyl (C=O) groups is 1. The van der Waals surface area contributed by atoms with Gasteiger partial charge in [-0.3, -0.25) is 9.69 Å². The summed E-state index contributed by atoms with van der Waals surface area (Å²) in [7, 11) is 0. The third kappa shape index (κ3) is 3.69. The molecule has 1 aliphatic rings. The molecule has 2 rings (SSSR count). The monoisotopic (exact) mass is 273 g/mol. The molecule has 1 fully saturated rings. The lowest BCUT2D eigenvalue weighted by Crippen LogP contribution is -2.46. The third-order valence-electron chi connectivity index (χ3n) is 4.52. The first-order valence-electron chi connectivity index (χ1n) is 7.99. The molecule has 0 bridgehead atoms. The Labute approximate surface area is 123 Å². The normalized spacial score (nSPS) is 23.8. The number of nitrogens with zero attached hydrogens (tertiary/aromatic N) is 1. The van der Waals surface area contributed by atoms with Crippen molar-refractivity contribution in [3.8, 4) is 0 Å². The van der Waals surface area contributed by atoms with Crippen LogP contribution < -0.4 is 0 Å². The quantitative estimate of drug-likeness (QED) is 0.753. The highest BCUT2D eigenvalue weighted by Gasteiger charge is 2.26. The van der Waals surface area contributed by atoms with E-state index in [1.165, 1.54) is 24.8 Å². The second-order valence-electron chi connectivity index (χ2n) is 6.17. The lowest BCUT2D eigenvalue weighted by Gasteiger charge is -2.38. The lowest BCUT2D eigenvalue weighted by atomic mass is 9.96. The molecule has 1 aliphatic heterocycles. The van der Waals surface area contributed by atoms with Crippen LogP contribution in [-0.2, 0) is 6.42 Å². The molecule has 0 aromatic heterocycles. The number of Topliss-reactive ketones (excluding diaryl/α,β-unsaturated/α-hetero) is 1. The van der Waals surface area contributed by atoms with Crippen LogP contribution in [0.1, 0.15) is 62.4 Å². The highest BCUT2D eigenvalue weighted by Crippen LogP contribution is 2.22. The maximum Gasteiger partial charge on any atom is 0.176 e. The Balaban J connectivity index is 2.00. The molecule has 2 nitrogen and oxygen atoms in total. The average molecular weight is 273 g/mol. The molecule has 0 amide bonds. The summed E-state index contributed by atoms with van der Waals surface area (Å²) in [6.07, 6.45) is 5.96. The van der Waals surface area contributed by atoms with Crippen molar-refractivity contribution in [2.75, 3.05) is 6.54 Å². The van der Waals surface area contributed by atoms with E-state index in [-0.39, 0.29) is 5.78 Å². The van der Waals surface area contributed by atoms with Crippen molar-refractivity contribution < 1.29 is 4.79 Å². The molecule has 0 radical (unpaired) electrons. The lowest BCUT2D eigenvalue weighted by molar-refractivity contribution is 0.0734. The summed E-state index contributed by atoms with van der Waals surface area (Å²) in [5.74, 6) is 0.258. The van der Waals surface area contributed by atoms with Crippen molar-refractivity contribution in [3.05, 3.63) is 35.4 Å². The van der Waals surface area contributed by atoms with E-state index in [0.717, 1.165) is 18.4 Å². The standard InChI is InChI=1S/C18H27NO/c1-4-6-16-9-11-17(12-10-16)18(20)13-19-14(2)7-5-8-15(19)3/h9-12,14-15H,4-8,13H2,1-3H3. The van der Waals surface area contributed by atoms with Crippen LogP contribution >= 0.6 is 0 Å². The Morgan fingerprint density at radius 2 is 1.75 bits per heavy atom. The number of aryl methyl sites for hydroxylation is 1. The summed E-state index contributed by atoms with van der Waals surface area (Å²) in [6.45, 7) is 7.23. The van der Waals surface area contributed by atoms with Gasteiger partial charge in [0.2, 0.25) is 0 Å². The Hall–Kier alpha value is -1.15. The minimum absolute atomic E-state index is 0.258. The first kappa shape index (κ1) is 15.2. The molecule has 0 N–H and O–H groups in total. The van der Waals surface area contributed by atoms with E-state index in [0.29, 0.717) is 18.6 Å². The summed E-state index contributed by atoms with van der Waals surface area (Å²) in [5.41, 5.74) is 2.18. The van der Waals surface area contributed by atoms with Gasteiger partial charge in [-0.25, -0.2) is 0 Å². The summed E-state index contributed by atoms with van der Waals surface area (Å²) in [5, 5.41) is 0. The van der Waals surface area contributed by atoms with Gasteiger partial charge in [-0.1, -0.05) is 44.0 Å².